The second-order valence-electron chi connectivity index (χ2n) is 3.99. The highest BCUT2D eigenvalue weighted by molar-refractivity contribution is 5.84. The summed E-state index contributed by atoms with van der Waals surface area (Å²) in [6.45, 7) is 0. The van der Waals surface area contributed by atoms with E-state index < -0.39 is 23.6 Å². The first-order valence-corrected chi connectivity index (χ1v) is 5.64. The molecule has 2 aromatic rings. The Morgan fingerprint density at radius 1 is 1.05 bits per heavy atom. The van der Waals surface area contributed by atoms with Gasteiger partial charge in [-0.2, -0.15) is 0 Å². The minimum Gasteiger partial charge on any atom is -0.370 e. The number of amides is 1. The van der Waals surface area contributed by atoms with Crippen LogP contribution >= 0.6 is 0 Å². The Morgan fingerprint density at radius 2 is 1.74 bits per heavy atom. The Kier molecular flexibility index (Phi) is 3.75. The fourth-order valence-corrected chi connectivity index (χ4v) is 1.75. The lowest BCUT2D eigenvalue weighted by molar-refractivity contribution is -0.118. The van der Waals surface area contributed by atoms with Gasteiger partial charge < -0.3 is 11.1 Å². The number of benzene rings is 2. The third-order valence-electron chi connectivity index (χ3n) is 2.66. The van der Waals surface area contributed by atoms with Crippen LogP contribution in [-0.2, 0) is 4.79 Å². The molecule has 3 nitrogen and oxygen atoms in total. The lowest BCUT2D eigenvalue weighted by Gasteiger charge is -2.17. The molecule has 1 amide bonds. The Labute approximate surface area is 109 Å². The van der Waals surface area contributed by atoms with Gasteiger partial charge in [0.25, 0.3) is 0 Å². The number of nitrogens with one attached hydrogen (secondary N) is 1. The summed E-state index contributed by atoms with van der Waals surface area (Å²) in [5.74, 6) is -2.87. The summed E-state index contributed by atoms with van der Waals surface area (Å²) in [7, 11) is 0. The van der Waals surface area contributed by atoms with Gasteiger partial charge in [0.15, 0.2) is 11.6 Å². The van der Waals surface area contributed by atoms with Crippen molar-refractivity contribution in [3.63, 3.8) is 0 Å². The third-order valence-corrected chi connectivity index (χ3v) is 2.66. The number of carbonyl (C=O) groups is 1. The molecule has 0 aliphatic heterocycles. The number of halogens is 2. The van der Waals surface area contributed by atoms with Crippen molar-refractivity contribution in [2.75, 3.05) is 5.32 Å². The number of nitrogens with two attached hydrogens (primary N) is 1. The van der Waals surface area contributed by atoms with Crippen LogP contribution in [0.4, 0.5) is 14.5 Å². The fourth-order valence-electron chi connectivity index (χ4n) is 1.75. The molecule has 0 aromatic heterocycles. The maximum atomic E-state index is 13.7. The molecule has 19 heavy (non-hydrogen) atoms. The lowest BCUT2D eigenvalue weighted by atomic mass is 10.0. The van der Waals surface area contributed by atoms with E-state index in [1.54, 1.807) is 30.3 Å². The van der Waals surface area contributed by atoms with Crippen LogP contribution in [-0.4, -0.2) is 5.91 Å². The summed E-state index contributed by atoms with van der Waals surface area (Å²) in [4.78, 5) is 11.4. The number of carbonyl (C=O) groups excluding carboxylic acids is 1. The van der Waals surface area contributed by atoms with Crippen LogP contribution in [0.5, 0.6) is 0 Å². The summed E-state index contributed by atoms with van der Waals surface area (Å²) >= 11 is 0. The van der Waals surface area contributed by atoms with Gasteiger partial charge in [-0.15, -0.1) is 0 Å². The Hall–Kier alpha value is -2.43. The predicted octanol–water partition coefficient (Wildman–Crippen LogP) is 2.60. The SMILES string of the molecule is NC(=O)C(Nc1ccccc1)c1cccc(F)c1F. The average molecular weight is 262 g/mol. The summed E-state index contributed by atoms with van der Waals surface area (Å²) in [6.07, 6.45) is 0. The van der Waals surface area contributed by atoms with Crippen molar-refractivity contribution < 1.29 is 13.6 Å². The van der Waals surface area contributed by atoms with Crippen LogP contribution in [0.1, 0.15) is 11.6 Å². The Bertz CT molecular complexity index is 587. The summed E-state index contributed by atoms with van der Waals surface area (Å²) in [5, 5.41) is 2.78. The van der Waals surface area contributed by atoms with Gasteiger partial charge in [0.2, 0.25) is 5.91 Å². The highest BCUT2D eigenvalue weighted by Crippen LogP contribution is 2.23. The van der Waals surface area contributed by atoms with Crippen molar-refractivity contribution in [1.82, 2.24) is 0 Å². The molecule has 0 radical (unpaired) electrons. The zero-order valence-corrected chi connectivity index (χ0v) is 9.94. The first-order chi connectivity index (χ1) is 9.09. The van der Waals surface area contributed by atoms with Crippen molar-refractivity contribution in [2.45, 2.75) is 6.04 Å². The molecule has 5 heteroatoms. The zero-order chi connectivity index (χ0) is 13.8. The van der Waals surface area contributed by atoms with Gasteiger partial charge in [-0.25, -0.2) is 8.78 Å². The smallest absolute Gasteiger partial charge is 0.244 e. The lowest BCUT2D eigenvalue weighted by Crippen LogP contribution is -2.28. The van der Waals surface area contributed by atoms with Gasteiger partial charge in [0.05, 0.1) is 0 Å². The van der Waals surface area contributed by atoms with Crippen LogP contribution in [0.2, 0.25) is 0 Å². The first kappa shape index (κ1) is 13.0. The number of rotatable bonds is 4. The molecule has 0 fully saturated rings. The van der Waals surface area contributed by atoms with E-state index in [4.69, 9.17) is 5.73 Å². The first-order valence-electron chi connectivity index (χ1n) is 5.64. The van der Waals surface area contributed by atoms with Gasteiger partial charge in [-0.05, 0) is 18.2 Å². The van der Waals surface area contributed by atoms with Crippen molar-refractivity contribution in [2.24, 2.45) is 5.73 Å². The molecule has 98 valence electrons. The van der Waals surface area contributed by atoms with E-state index in [9.17, 15) is 13.6 Å². The number of anilines is 1. The average Bonchev–Trinajstić information content (AvgIpc) is 2.40. The minimum absolute atomic E-state index is 0.114. The summed E-state index contributed by atoms with van der Waals surface area (Å²) < 4.78 is 26.9. The van der Waals surface area contributed by atoms with E-state index in [2.05, 4.69) is 5.32 Å². The van der Waals surface area contributed by atoms with E-state index in [0.717, 1.165) is 6.07 Å². The molecule has 0 aliphatic carbocycles. The third kappa shape index (κ3) is 2.88. The maximum Gasteiger partial charge on any atom is 0.244 e. The normalized spacial score (nSPS) is 11.9. The van der Waals surface area contributed by atoms with Gasteiger partial charge in [-0.3, -0.25) is 4.79 Å². The quantitative estimate of drug-likeness (QED) is 0.889. The Balaban J connectivity index is 2.36. The zero-order valence-electron chi connectivity index (χ0n) is 9.94. The molecule has 0 saturated heterocycles. The van der Waals surface area contributed by atoms with Crippen molar-refractivity contribution >= 4 is 11.6 Å². The van der Waals surface area contributed by atoms with E-state index in [-0.39, 0.29) is 5.56 Å². The molecular formula is C14H12F2N2O. The molecule has 1 unspecified atom stereocenters. The minimum atomic E-state index is -1.13. The van der Waals surface area contributed by atoms with Crippen LogP contribution in [0.25, 0.3) is 0 Å². The molecule has 3 N–H and O–H groups in total. The van der Waals surface area contributed by atoms with Crippen LogP contribution in [0.15, 0.2) is 48.5 Å². The molecule has 2 rings (SSSR count). The topological polar surface area (TPSA) is 55.1 Å². The standard InChI is InChI=1S/C14H12F2N2O/c15-11-8-4-7-10(12(11)16)13(14(17)19)18-9-5-2-1-3-6-9/h1-8,13,18H,(H2,17,19). The fraction of sp³-hybridized carbons (Fsp3) is 0.0714. The maximum absolute atomic E-state index is 13.7. The van der Waals surface area contributed by atoms with Crippen molar-refractivity contribution in [3.05, 3.63) is 65.7 Å². The van der Waals surface area contributed by atoms with Gasteiger partial charge in [0, 0.05) is 11.3 Å². The molecule has 1 atom stereocenters. The summed E-state index contributed by atoms with van der Waals surface area (Å²) in [6, 6.07) is 11.2. The highest BCUT2D eigenvalue weighted by Gasteiger charge is 2.22. The second-order valence-corrected chi connectivity index (χ2v) is 3.99. The van der Waals surface area contributed by atoms with Gasteiger partial charge in [0.1, 0.15) is 6.04 Å². The monoisotopic (exact) mass is 262 g/mol. The number of para-hydroxylation sites is 1. The van der Waals surface area contributed by atoms with Crippen molar-refractivity contribution in [1.29, 1.82) is 0 Å². The van der Waals surface area contributed by atoms with E-state index in [1.807, 2.05) is 0 Å². The van der Waals surface area contributed by atoms with E-state index in [1.165, 1.54) is 12.1 Å². The molecular weight excluding hydrogens is 250 g/mol. The molecule has 0 aliphatic rings. The number of hydrogen-bond acceptors (Lipinski definition) is 2. The molecule has 2 aromatic carbocycles. The number of hydrogen-bond donors (Lipinski definition) is 2. The van der Waals surface area contributed by atoms with E-state index in [0.29, 0.717) is 5.69 Å². The van der Waals surface area contributed by atoms with Gasteiger partial charge >= 0.3 is 0 Å². The Morgan fingerprint density at radius 3 is 2.37 bits per heavy atom. The highest BCUT2D eigenvalue weighted by atomic mass is 19.2. The summed E-state index contributed by atoms with van der Waals surface area (Å²) in [5.41, 5.74) is 5.72. The van der Waals surface area contributed by atoms with Crippen LogP contribution < -0.4 is 11.1 Å². The molecule has 0 bridgehead atoms. The largest absolute Gasteiger partial charge is 0.370 e. The van der Waals surface area contributed by atoms with Crippen LogP contribution in [0, 0.1) is 11.6 Å². The van der Waals surface area contributed by atoms with Gasteiger partial charge in [-0.1, -0.05) is 30.3 Å². The number of primary amides is 1. The van der Waals surface area contributed by atoms with Crippen LogP contribution in [0.3, 0.4) is 0 Å². The van der Waals surface area contributed by atoms with E-state index >= 15 is 0 Å². The second kappa shape index (κ2) is 5.48. The molecule has 0 saturated carbocycles. The molecule has 0 heterocycles. The molecule has 0 spiro atoms. The van der Waals surface area contributed by atoms with Crippen molar-refractivity contribution in [3.8, 4) is 0 Å². The predicted molar refractivity (Wildman–Crippen MR) is 68.4 cm³/mol.